The summed E-state index contributed by atoms with van der Waals surface area (Å²) >= 11 is 0. The fraction of sp³-hybridized carbons (Fsp3) is 0.429. The number of nitrogens with zero attached hydrogens (tertiary/aromatic N) is 1. The van der Waals surface area contributed by atoms with Gasteiger partial charge in [0.1, 0.15) is 17.6 Å². The molecule has 1 unspecified atom stereocenters. The second-order valence-electron chi connectivity index (χ2n) is 4.30. The molecule has 1 fully saturated rings. The Labute approximate surface area is 101 Å². The van der Waals surface area contributed by atoms with Crippen molar-refractivity contribution in [1.29, 1.82) is 5.26 Å². The Balaban J connectivity index is 1.86. The molecule has 3 heteroatoms. The van der Waals surface area contributed by atoms with E-state index in [4.69, 9.17) is 10.00 Å². The van der Waals surface area contributed by atoms with Gasteiger partial charge in [-0.1, -0.05) is 12.1 Å². The summed E-state index contributed by atoms with van der Waals surface area (Å²) in [5.41, 5.74) is 0.547. The van der Waals surface area contributed by atoms with Crippen molar-refractivity contribution < 1.29 is 9.53 Å². The Morgan fingerprint density at radius 1 is 1.41 bits per heavy atom. The van der Waals surface area contributed by atoms with E-state index in [0.29, 0.717) is 23.7 Å². The highest BCUT2D eigenvalue weighted by atomic mass is 16.5. The lowest BCUT2D eigenvalue weighted by molar-refractivity contribution is -0.121. The molecule has 0 N–H and O–H groups in total. The van der Waals surface area contributed by atoms with Gasteiger partial charge in [0.2, 0.25) is 0 Å². The zero-order valence-electron chi connectivity index (χ0n) is 9.69. The molecule has 0 aliphatic heterocycles. The molecule has 0 saturated heterocycles. The van der Waals surface area contributed by atoms with Crippen molar-refractivity contribution in [2.75, 3.05) is 6.61 Å². The quantitative estimate of drug-likeness (QED) is 0.797. The molecule has 88 valence electrons. The number of carbonyl (C=O) groups is 1. The second-order valence-corrected chi connectivity index (χ2v) is 4.30. The SMILES string of the molecule is N#Cc1ccccc1OCCC1CCCC1=O. The number of ether oxygens (including phenoxy) is 1. The summed E-state index contributed by atoms with van der Waals surface area (Å²) in [7, 11) is 0. The van der Waals surface area contributed by atoms with Crippen LogP contribution in [-0.4, -0.2) is 12.4 Å². The van der Waals surface area contributed by atoms with Crippen LogP contribution < -0.4 is 4.74 Å². The minimum absolute atomic E-state index is 0.171. The van der Waals surface area contributed by atoms with Gasteiger partial charge in [-0.3, -0.25) is 4.79 Å². The Hall–Kier alpha value is -1.82. The van der Waals surface area contributed by atoms with E-state index in [9.17, 15) is 4.79 Å². The maximum Gasteiger partial charge on any atom is 0.137 e. The third kappa shape index (κ3) is 2.85. The Bertz CT molecular complexity index is 448. The molecule has 3 nitrogen and oxygen atoms in total. The van der Waals surface area contributed by atoms with Gasteiger partial charge < -0.3 is 4.74 Å². The summed E-state index contributed by atoms with van der Waals surface area (Å²) in [6.07, 6.45) is 3.48. The molecular weight excluding hydrogens is 214 g/mol. The number of hydrogen-bond acceptors (Lipinski definition) is 3. The van der Waals surface area contributed by atoms with Gasteiger partial charge in [0, 0.05) is 12.3 Å². The van der Waals surface area contributed by atoms with Gasteiger partial charge in [-0.05, 0) is 31.4 Å². The van der Waals surface area contributed by atoms with Crippen LogP contribution in [0.15, 0.2) is 24.3 Å². The molecule has 1 aliphatic rings. The maximum absolute atomic E-state index is 11.4. The van der Waals surface area contributed by atoms with E-state index in [1.807, 2.05) is 12.1 Å². The Morgan fingerprint density at radius 2 is 2.24 bits per heavy atom. The van der Waals surface area contributed by atoms with Crippen LogP contribution in [-0.2, 0) is 4.79 Å². The van der Waals surface area contributed by atoms with Gasteiger partial charge in [0.05, 0.1) is 12.2 Å². The van der Waals surface area contributed by atoms with E-state index in [-0.39, 0.29) is 5.92 Å². The standard InChI is InChI=1S/C14H15NO2/c15-10-12-4-1-2-7-14(12)17-9-8-11-5-3-6-13(11)16/h1-2,4,7,11H,3,5-6,8-9H2. The molecule has 0 heterocycles. The van der Waals surface area contributed by atoms with E-state index >= 15 is 0 Å². The maximum atomic E-state index is 11.4. The van der Waals surface area contributed by atoms with Crippen LogP contribution in [0.4, 0.5) is 0 Å². The largest absolute Gasteiger partial charge is 0.492 e. The van der Waals surface area contributed by atoms with Gasteiger partial charge in [-0.2, -0.15) is 5.26 Å². The first-order valence-corrected chi connectivity index (χ1v) is 5.96. The minimum Gasteiger partial charge on any atom is -0.492 e. The first kappa shape index (κ1) is 11.7. The predicted octanol–water partition coefficient (Wildman–Crippen LogP) is 2.70. The normalized spacial score (nSPS) is 19.0. The van der Waals surface area contributed by atoms with Gasteiger partial charge in [0.15, 0.2) is 0 Å². The van der Waals surface area contributed by atoms with Gasteiger partial charge in [0.25, 0.3) is 0 Å². The van der Waals surface area contributed by atoms with Gasteiger partial charge in [-0.15, -0.1) is 0 Å². The number of para-hydroxylation sites is 1. The molecule has 1 aromatic rings. The smallest absolute Gasteiger partial charge is 0.137 e. The Kier molecular flexibility index (Phi) is 3.77. The van der Waals surface area contributed by atoms with Crippen LogP contribution in [0.1, 0.15) is 31.2 Å². The number of hydrogen-bond donors (Lipinski definition) is 0. The predicted molar refractivity (Wildman–Crippen MR) is 63.6 cm³/mol. The van der Waals surface area contributed by atoms with Crippen molar-refractivity contribution in [2.45, 2.75) is 25.7 Å². The average molecular weight is 229 g/mol. The van der Waals surface area contributed by atoms with Crippen LogP contribution in [0.5, 0.6) is 5.75 Å². The summed E-state index contributed by atoms with van der Waals surface area (Å²) in [4.78, 5) is 11.4. The van der Waals surface area contributed by atoms with E-state index in [1.54, 1.807) is 12.1 Å². The van der Waals surface area contributed by atoms with Crippen LogP contribution in [0.25, 0.3) is 0 Å². The fourth-order valence-corrected chi connectivity index (χ4v) is 2.19. The molecule has 0 amide bonds. The van der Waals surface area contributed by atoms with E-state index in [0.717, 1.165) is 25.7 Å². The molecule has 17 heavy (non-hydrogen) atoms. The van der Waals surface area contributed by atoms with Crippen molar-refractivity contribution in [3.8, 4) is 11.8 Å². The molecule has 1 aromatic carbocycles. The van der Waals surface area contributed by atoms with Gasteiger partial charge in [-0.25, -0.2) is 0 Å². The van der Waals surface area contributed by atoms with Crippen molar-refractivity contribution in [3.05, 3.63) is 29.8 Å². The lowest BCUT2D eigenvalue weighted by atomic mass is 10.0. The molecule has 2 rings (SSSR count). The highest BCUT2D eigenvalue weighted by Crippen LogP contribution is 2.25. The van der Waals surface area contributed by atoms with E-state index < -0.39 is 0 Å². The first-order chi connectivity index (χ1) is 8.31. The third-order valence-electron chi connectivity index (χ3n) is 3.16. The number of ketones is 1. The molecule has 0 aromatic heterocycles. The number of nitriles is 1. The van der Waals surface area contributed by atoms with Crippen molar-refractivity contribution in [3.63, 3.8) is 0 Å². The lowest BCUT2D eigenvalue weighted by Gasteiger charge is -2.10. The van der Waals surface area contributed by atoms with Crippen LogP contribution in [0, 0.1) is 17.2 Å². The van der Waals surface area contributed by atoms with Crippen molar-refractivity contribution in [2.24, 2.45) is 5.92 Å². The number of benzene rings is 1. The number of Topliss-reactive ketones (excluding diaryl/α,β-unsaturated/α-hetero) is 1. The summed E-state index contributed by atoms with van der Waals surface area (Å²) in [5, 5.41) is 8.89. The van der Waals surface area contributed by atoms with E-state index in [2.05, 4.69) is 6.07 Å². The zero-order valence-corrected chi connectivity index (χ0v) is 9.69. The van der Waals surface area contributed by atoms with Gasteiger partial charge >= 0.3 is 0 Å². The third-order valence-corrected chi connectivity index (χ3v) is 3.16. The van der Waals surface area contributed by atoms with E-state index in [1.165, 1.54) is 0 Å². The molecule has 1 aliphatic carbocycles. The fourth-order valence-electron chi connectivity index (χ4n) is 2.19. The zero-order chi connectivity index (χ0) is 12.1. The highest BCUT2D eigenvalue weighted by Gasteiger charge is 2.23. The van der Waals surface area contributed by atoms with Crippen LogP contribution >= 0.6 is 0 Å². The number of rotatable bonds is 4. The van der Waals surface area contributed by atoms with Crippen LogP contribution in [0.3, 0.4) is 0 Å². The molecule has 0 spiro atoms. The molecule has 0 radical (unpaired) electrons. The summed E-state index contributed by atoms with van der Waals surface area (Å²) < 4.78 is 5.56. The first-order valence-electron chi connectivity index (χ1n) is 5.96. The lowest BCUT2D eigenvalue weighted by Crippen LogP contribution is -2.11. The molecule has 0 bridgehead atoms. The summed E-state index contributed by atoms with van der Waals surface area (Å²) in [6, 6.07) is 9.27. The second kappa shape index (κ2) is 5.49. The molecule has 1 saturated carbocycles. The summed E-state index contributed by atoms with van der Waals surface area (Å²) in [6.45, 7) is 0.509. The summed E-state index contributed by atoms with van der Waals surface area (Å²) in [5.74, 6) is 1.15. The monoisotopic (exact) mass is 229 g/mol. The minimum atomic E-state index is 0.171. The van der Waals surface area contributed by atoms with Crippen LogP contribution in [0.2, 0.25) is 0 Å². The van der Waals surface area contributed by atoms with Crippen molar-refractivity contribution in [1.82, 2.24) is 0 Å². The molecular formula is C14H15NO2. The topological polar surface area (TPSA) is 50.1 Å². The van der Waals surface area contributed by atoms with Crippen molar-refractivity contribution >= 4 is 5.78 Å². The number of carbonyl (C=O) groups excluding carboxylic acids is 1. The highest BCUT2D eigenvalue weighted by molar-refractivity contribution is 5.82. The molecule has 1 atom stereocenters. The average Bonchev–Trinajstić information content (AvgIpc) is 2.76. The Morgan fingerprint density at radius 3 is 2.94 bits per heavy atom.